The van der Waals surface area contributed by atoms with Crippen LogP contribution in [0.5, 0.6) is 0 Å². The molecule has 2 unspecified atom stereocenters. The lowest BCUT2D eigenvalue weighted by molar-refractivity contribution is 0.326. The van der Waals surface area contributed by atoms with E-state index in [0.29, 0.717) is 12.5 Å². The number of hydrogen-bond donors (Lipinski definition) is 3. The van der Waals surface area contributed by atoms with Gasteiger partial charge in [-0.3, -0.25) is 0 Å². The lowest BCUT2D eigenvalue weighted by atomic mass is 9.96. The fraction of sp³-hybridized carbons (Fsp3) is 1.00. The van der Waals surface area contributed by atoms with E-state index < -0.39 is 10.2 Å². The van der Waals surface area contributed by atoms with E-state index in [1.807, 2.05) is 0 Å². The minimum atomic E-state index is -3.29. The summed E-state index contributed by atoms with van der Waals surface area (Å²) in [6.45, 7) is 3.74. The molecule has 3 N–H and O–H groups in total. The Kier molecular flexibility index (Phi) is 3.66. The summed E-state index contributed by atoms with van der Waals surface area (Å²) in [5, 5.41) is 3.16. The molecule has 1 saturated heterocycles. The van der Waals surface area contributed by atoms with Gasteiger partial charge in [0.15, 0.2) is 0 Å². The topological polar surface area (TPSA) is 70.2 Å². The highest BCUT2D eigenvalue weighted by Crippen LogP contribution is 2.11. The largest absolute Gasteiger partial charge is 0.315 e. The quantitative estimate of drug-likeness (QED) is 0.558. The maximum atomic E-state index is 11.2. The van der Waals surface area contributed by atoms with Crippen molar-refractivity contribution in [2.24, 2.45) is 5.92 Å². The van der Waals surface area contributed by atoms with Crippen LogP contribution in [0.4, 0.5) is 0 Å². The van der Waals surface area contributed by atoms with Gasteiger partial charge in [-0.25, -0.2) is 4.72 Å². The third kappa shape index (κ3) is 3.22. The van der Waals surface area contributed by atoms with Crippen molar-refractivity contribution in [1.29, 1.82) is 0 Å². The third-order valence-corrected chi connectivity index (χ3v) is 3.55. The van der Waals surface area contributed by atoms with Gasteiger partial charge in [-0.2, -0.15) is 13.1 Å². The van der Waals surface area contributed by atoms with Gasteiger partial charge < -0.3 is 5.32 Å². The van der Waals surface area contributed by atoms with Crippen LogP contribution in [0.2, 0.25) is 0 Å². The first-order valence-electron chi connectivity index (χ1n) is 4.46. The second-order valence-electron chi connectivity index (χ2n) is 3.40. The Hall–Kier alpha value is -0.170. The Bertz CT molecular complexity index is 252. The fourth-order valence-corrected chi connectivity index (χ4v) is 2.24. The highest BCUT2D eigenvalue weighted by Gasteiger charge is 2.24. The predicted molar refractivity (Wildman–Crippen MR) is 51.6 cm³/mol. The van der Waals surface area contributed by atoms with Crippen LogP contribution in [-0.2, 0) is 10.2 Å². The van der Waals surface area contributed by atoms with Crippen molar-refractivity contribution in [2.45, 2.75) is 19.4 Å². The zero-order chi connectivity index (χ0) is 9.90. The smallest absolute Gasteiger partial charge is 0.276 e. The molecule has 6 heteroatoms. The molecule has 0 aromatic heterocycles. The lowest BCUT2D eigenvalue weighted by Crippen LogP contribution is -2.52. The van der Waals surface area contributed by atoms with E-state index in [-0.39, 0.29) is 6.04 Å². The number of nitrogens with one attached hydrogen (secondary N) is 3. The van der Waals surface area contributed by atoms with Crippen LogP contribution in [0, 0.1) is 5.92 Å². The molecule has 2 atom stereocenters. The average Bonchev–Trinajstić information content (AvgIpc) is 2.09. The van der Waals surface area contributed by atoms with E-state index >= 15 is 0 Å². The SMILES string of the molecule is CNS(=O)(=O)NC1CNCCC1C. The summed E-state index contributed by atoms with van der Waals surface area (Å²) in [6.07, 6.45) is 1.01. The third-order valence-electron chi connectivity index (χ3n) is 2.40. The van der Waals surface area contributed by atoms with Crippen molar-refractivity contribution >= 4 is 10.2 Å². The van der Waals surface area contributed by atoms with E-state index in [9.17, 15) is 8.42 Å². The Balaban J connectivity index is 2.52. The van der Waals surface area contributed by atoms with Crippen LogP contribution >= 0.6 is 0 Å². The lowest BCUT2D eigenvalue weighted by Gasteiger charge is -2.29. The minimum Gasteiger partial charge on any atom is -0.315 e. The first kappa shape index (κ1) is 10.9. The Labute approximate surface area is 79.5 Å². The standard InChI is InChI=1S/C7H17N3O2S/c1-6-3-4-9-5-7(6)10-13(11,12)8-2/h6-10H,3-5H2,1-2H3. The molecular weight excluding hydrogens is 190 g/mol. The first-order valence-corrected chi connectivity index (χ1v) is 5.95. The van der Waals surface area contributed by atoms with Gasteiger partial charge in [0.05, 0.1) is 0 Å². The van der Waals surface area contributed by atoms with Crippen LogP contribution in [-0.4, -0.2) is 34.6 Å². The Morgan fingerprint density at radius 1 is 1.46 bits per heavy atom. The maximum absolute atomic E-state index is 11.2. The van der Waals surface area contributed by atoms with E-state index in [0.717, 1.165) is 13.0 Å². The van der Waals surface area contributed by atoms with Gasteiger partial charge >= 0.3 is 0 Å². The molecule has 0 aromatic carbocycles. The predicted octanol–water partition coefficient (Wildman–Crippen LogP) is -0.962. The van der Waals surface area contributed by atoms with Crippen molar-refractivity contribution in [3.8, 4) is 0 Å². The highest BCUT2D eigenvalue weighted by atomic mass is 32.2. The van der Waals surface area contributed by atoms with Crippen molar-refractivity contribution in [2.75, 3.05) is 20.1 Å². The molecule has 1 aliphatic rings. The van der Waals surface area contributed by atoms with Crippen molar-refractivity contribution in [1.82, 2.24) is 14.8 Å². The van der Waals surface area contributed by atoms with Crippen molar-refractivity contribution < 1.29 is 8.42 Å². The molecule has 0 spiro atoms. The van der Waals surface area contributed by atoms with Gasteiger partial charge in [-0.1, -0.05) is 6.92 Å². The van der Waals surface area contributed by atoms with Crippen LogP contribution in [0.15, 0.2) is 0 Å². The van der Waals surface area contributed by atoms with Crippen LogP contribution in [0.1, 0.15) is 13.3 Å². The van der Waals surface area contributed by atoms with Crippen LogP contribution in [0.3, 0.4) is 0 Å². The van der Waals surface area contributed by atoms with Gasteiger partial charge in [-0.05, 0) is 18.9 Å². The minimum absolute atomic E-state index is 0.00574. The summed E-state index contributed by atoms with van der Waals surface area (Å²) in [5.74, 6) is 0.393. The molecule has 0 amide bonds. The number of piperidine rings is 1. The molecule has 1 aliphatic heterocycles. The zero-order valence-corrected chi connectivity index (χ0v) is 8.82. The maximum Gasteiger partial charge on any atom is 0.276 e. The van der Waals surface area contributed by atoms with E-state index in [1.54, 1.807) is 0 Å². The van der Waals surface area contributed by atoms with Gasteiger partial charge in [0.1, 0.15) is 0 Å². The highest BCUT2D eigenvalue weighted by molar-refractivity contribution is 7.87. The Morgan fingerprint density at radius 2 is 2.15 bits per heavy atom. The molecule has 0 saturated carbocycles. The second kappa shape index (κ2) is 4.36. The number of hydrogen-bond acceptors (Lipinski definition) is 3. The zero-order valence-electron chi connectivity index (χ0n) is 8.00. The normalized spacial score (nSPS) is 30.3. The van der Waals surface area contributed by atoms with Gasteiger partial charge in [-0.15, -0.1) is 0 Å². The van der Waals surface area contributed by atoms with E-state index in [2.05, 4.69) is 21.7 Å². The van der Waals surface area contributed by atoms with Gasteiger partial charge in [0, 0.05) is 19.6 Å². The van der Waals surface area contributed by atoms with E-state index in [4.69, 9.17) is 0 Å². The van der Waals surface area contributed by atoms with E-state index in [1.165, 1.54) is 7.05 Å². The van der Waals surface area contributed by atoms with Crippen LogP contribution in [0.25, 0.3) is 0 Å². The molecule has 13 heavy (non-hydrogen) atoms. The van der Waals surface area contributed by atoms with Gasteiger partial charge in [0.25, 0.3) is 10.2 Å². The fourth-order valence-electron chi connectivity index (χ4n) is 1.41. The summed E-state index contributed by atoms with van der Waals surface area (Å²) >= 11 is 0. The summed E-state index contributed by atoms with van der Waals surface area (Å²) in [7, 11) is -1.89. The molecule has 0 radical (unpaired) electrons. The average molecular weight is 207 g/mol. The summed E-state index contributed by atoms with van der Waals surface area (Å²) in [6, 6.07) is 0.00574. The monoisotopic (exact) mass is 207 g/mol. The molecular formula is C7H17N3O2S. The molecule has 1 fully saturated rings. The molecule has 1 heterocycles. The molecule has 5 nitrogen and oxygen atoms in total. The summed E-state index contributed by atoms with van der Waals surface area (Å²) in [5.41, 5.74) is 0. The van der Waals surface area contributed by atoms with Crippen molar-refractivity contribution in [3.63, 3.8) is 0 Å². The first-order chi connectivity index (χ1) is 6.05. The molecule has 0 bridgehead atoms. The molecule has 78 valence electrons. The second-order valence-corrected chi connectivity index (χ2v) is 5.05. The molecule has 0 aromatic rings. The molecule has 1 rings (SSSR count). The van der Waals surface area contributed by atoms with Crippen LogP contribution < -0.4 is 14.8 Å². The van der Waals surface area contributed by atoms with Crippen molar-refractivity contribution in [3.05, 3.63) is 0 Å². The number of rotatable bonds is 3. The Morgan fingerprint density at radius 3 is 2.69 bits per heavy atom. The molecule has 0 aliphatic carbocycles. The summed E-state index contributed by atoms with van der Waals surface area (Å²) in [4.78, 5) is 0. The summed E-state index contributed by atoms with van der Waals surface area (Å²) < 4.78 is 27.2. The van der Waals surface area contributed by atoms with Gasteiger partial charge in [0.2, 0.25) is 0 Å².